The van der Waals surface area contributed by atoms with Gasteiger partial charge in [0.25, 0.3) is 0 Å². The molecule has 0 bridgehead atoms. The van der Waals surface area contributed by atoms with Crippen LogP contribution in [0.3, 0.4) is 0 Å². The van der Waals surface area contributed by atoms with E-state index in [1.807, 2.05) is 66.9 Å². The van der Waals surface area contributed by atoms with Crippen molar-refractivity contribution < 1.29 is 8.42 Å². The van der Waals surface area contributed by atoms with Crippen molar-refractivity contribution in [2.24, 2.45) is 0 Å². The highest BCUT2D eigenvalue weighted by Crippen LogP contribution is 2.27. The number of hydrogen-bond donors (Lipinski definition) is 1. The van der Waals surface area contributed by atoms with Gasteiger partial charge in [0.05, 0.1) is 16.4 Å². The van der Waals surface area contributed by atoms with E-state index < -0.39 is 10.0 Å². The molecule has 152 valence electrons. The number of nitrogens with one attached hydrogen (secondary N) is 1. The highest BCUT2D eigenvalue weighted by Gasteiger charge is 2.20. The third kappa shape index (κ3) is 4.42. The Bertz CT molecular complexity index is 1270. The van der Waals surface area contributed by atoms with Gasteiger partial charge in [-0.1, -0.05) is 71.7 Å². The van der Waals surface area contributed by atoms with Crippen LogP contribution in [-0.2, 0) is 16.6 Å². The van der Waals surface area contributed by atoms with Crippen LogP contribution in [0.25, 0.3) is 16.9 Å². The van der Waals surface area contributed by atoms with Gasteiger partial charge in [0, 0.05) is 28.9 Å². The van der Waals surface area contributed by atoms with Crippen LogP contribution in [0, 0.1) is 0 Å². The molecule has 30 heavy (non-hydrogen) atoms. The molecule has 0 fully saturated rings. The predicted octanol–water partition coefficient (Wildman–Crippen LogP) is 5.32. The molecule has 0 aliphatic rings. The van der Waals surface area contributed by atoms with Crippen LogP contribution in [0.5, 0.6) is 0 Å². The minimum Gasteiger partial charge on any atom is -0.240 e. The molecular formula is C22H17Cl2N3O2S. The first-order valence-corrected chi connectivity index (χ1v) is 11.3. The second kappa shape index (κ2) is 8.62. The van der Waals surface area contributed by atoms with Gasteiger partial charge >= 0.3 is 0 Å². The van der Waals surface area contributed by atoms with Crippen LogP contribution in [0.1, 0.15) is 5.56 Å². The second-order valence-electron chi connectivity index (χ2n) is 6.55. The van der Waals surface area contributed by atoms with E-state index in [1.54, 1.807) is 10.7 Å². The summed E-state index contributed by atoms with van der Waals surface area (Å²) in [6.45, 7) is 0.0439. The fourth-order valence-electron chi connectivity index (χ4n) is 3.02. The van der Waals surface area contributed by atoms with Crippen molar-refractivity contribution in [3.8, 4) is 16.9 Å². The lowest BCUT2D eigenvalue weighted by atomic mass is 10.1. The quantitative estimate of drug-likeness (QED) is 0.425. The Morgan fingerprint density at radius 1 is 0.900 bits per heavy atom. The summed E-state index contributed by atoms with van der Waals surface area (Å²) in [5.74, 6) is 0. The molecule has 5 nitrogen and oxygen atoms in total. The largest absolute Gasteiger partial charge is 0.242 e. The molecule has 1 N–H and O–H groups in total. The third-order valence-electron chi connectivity index (χ3n) is 4.49. The van der Waals surface area contributed by atoms with Crippen molar-refractivity contribution in [1.29, 1.82) is 0 Å². The van der Waals surface area contributed by atoms with Crippen LogP contribution >= 0.6 is 23.2 Å². The molecule has 0 saturated heterocycles. The fourth-order valence-corrected chi connectivity index (χ4v) is 4.79. The zero-order valence-electron chi connectivity index (χ0n) is 15.7. The van der Waals surface area contributed by atoms with E-state index in [2.05, 4.69) is 4.72 Å². The molecule has 1 aromatic heterocycles. The molecule has 0 aliphatic carbocycles. The Labute approximate surface area is 184 Å². The van der Waals surface area contributed by atoms with Crippen molar-refractivity contribution in [1.82, 2.24) is 14.5 Å². The molecule has 0 saturated carbocycles. The van der Waals surface area contributed by atoms with E-state index in [4.69, 9.17) is 28.3 Å². The molecule has 4 rings (SSSR count). The van der Waals surface area contributed by atoms with Gasteiger partial charge in [0.1, 0.15) is 4.90 Å². The molecule has 3 aromatic carbocycles. The Kier molecular flexibility index (Phi) is 5.92. The van der Waals surface area contributed by atoms with Crippen molar-refractivity contribution in [2.45, 2.75) is 11.4 Å². The number of nitrogens with zero attached hydrogens (tertiary/aromatic N) is 2. The van der Waals surface area contributed by atoms with Crippen LogP contribution < -0.4 is 4.72 Å². The van der Waals surface area contributed by atoms with Gasteiger partial charge in [-0.2, -0.15) is 5.10 Å². The number of hydrogen-bond acceptors (Lipinski definition) is 3. The Hall–Kier alpha value is -2.64. The number of benzene rings is 3. The van der Waals surface area contributed by atoms with Gasteiger partial charge < -0.3 is 0 Å². The van der Waals surface area contributed by atoms with Gasteiger partial charge in [0.2, 0.25) is 10.0 Å². The summed E-state index contributed by atoms with van der Waals surface area (Å²) < 4.78 is 30.0. The van der Waals surface area contributed by atoms with Crippen LogP contribution in [0.2, 0.25) is 10.0 Å². The SMILES string of the molecule is O=S(=O)(NCc1cn(-c2ccccc2)nc1-c1ccccc1)c1cc(Cl)ccc1Cl. The standard InChI is InChI=1S/C22H17Cl2N3O2S/c23-18-11-12-20(24)21(13-18)30(28,29)25-14-17-15-27(19-9-5-2-6-10-19)26-22(17)16-7-3-1-4-8-16/h1-13,15,25H,14H2. The van der Waals surface area contributed by atoms with Crippen molar-refractivity contribution in [3.05, 3.63) is 101 Å². The van der Waals surface area contributed by atoms with E-state index in [9.17, 15) is 8.42 Å². The van der Waals surface area contributed by atoms with E-state index in [0.717, 1.165) is 16.8 Å². The van der Waals surface area contributed by atoms with Gasteiger partial charge in [0.15, 0.2) is 0 Å². The van der Waals surface area contributed by atoms with Crippen LogP contribution in [0.4, 0.5) is 0 Å². The van der Waals surface area contributed by atoms with Gasteiger partial charge in [-0.05, 0) is 30.3 Å². The Morgan fingerprint density at radius 2 is 1.57 bits per heavy atom. The molecule has 0 spiro atoms. The van der Waals surface area contributed by atoms with Crippen molar-refractivity contribution >= 4 is 33.2 Å². The van der Waals surface area contributed by atoms with Gasteiger partial charge in [-0.15, -0.1) is 0 Å². The van der Waals surface area contributed by atoms with E-state index in [-0.39, 0.29) is 16.5 Å². The predicted molar refractivity (Wildman–Crippen MR) is 119 cm³/mol. The van der Waals surface area contributed by atoms with Crippen LogP contribution in [-0.4, -0.2) is 18.2 Å². The maximum absolute atomic E-state index is 12.8. The van der Waals surface area contributed by atoms with E-state index in [1.165, 1.54) is 12.1 Å². The Balaban J connectivity index is 1.69. The summed E-state index contributed by atoms with van der Waals surface area (Å²) in [4.78, 5) is -0.0617. The summed E-state index contributed by atoms with van der Waals surface area (Å²) in [5.41, 5.74) is 3.19. The number of para-hydroxylation sites is 1. The molecular weight excluding hydrogens is 441 g/mol. The summed E-state index contributed by atoms with van der Waals surface area (Å²) in [7, 11) is -3.87. The molecule has 0 amide bonds. The van der Waals surface area contributed by atoms with Gasteiger partial charge in [-0.25, -0.2) is 17.8 Å². The highest BCUT2D eigenvalue weighted by atomic mass is 35.5. The number of sulfonamides is 1. The first-order valence-electron chi connectivity index (χ1n) is 9.08. The first kappa shape index (κ1) is 20.6. The molecule has 0 atom stereocenters. The smallest absolute Gasteiger partial charge is 0.240 e. The molecule has 0 aliphatic heterocycles. The topological polar surface area (TPSA) is 64.0 Å². The number of rotatable bonds is 6. The molecule has 0 unspecified atom stereocenters. The number of halogens is 2. The minimum atomic E-state index is -3.87. The van der Waals surface area contributed by atoms with Crippen LogP contribution in [0.15, 0.2) is 90.0 Å². The highest BCUT2D eigenvalue weighted by molar-refractivity contribution is 7.89. The van der Waals surface area contributed by atoms with E-state index >= 15 is 0 Å². The maximum Gasteiger partial charge on any atom is 0.242 e. The third-order valence-corrected chi connectivity index (χ3v) is 6.61. The zero-order valence-corrected chi connectivity index (χ0v) is 18.0. The summed E-state index contributed by atoms with van der Waals surface area (Å²) in [6.07, 6.45) is 1.82. The molecule has 0 radical (unpaired) electrons. The van der Waals surface area contributed by atoms with Gasteiger partial charge in [-0.3, -0.25) is 0 Å². The maximum atomic E-state index is 12.8. The lowest BCUT2D eigenvalue weighted by Crippen LogP contribution is -2.23. The minimum absolute atomic E-state index is 0.0439. The average molecular weight is 458 g/mol. The molecule has 8 heteroatoms. The average Bonchev–Trinajstić information content (AvgIpc) is 3.20. The number of aromatic nitrogens is 2. The lowest BCUT2D eigenvalue weighted by Gasteiger charge is -2.09. The normalized spacial score (nSPS) is 11.5. The summed E-state index contributed by atoms with van der Waals surface area (Å²) >= 11 is 12.0. The van der Waals surface area contributed by atoms with E-state index in [0.29, 0.717) is 10.7 Å². The Morgan fingerprint density at radius 3 is 2.27 bits per heavy atom. The first-order chi connectivity index (χ1) is 14.4. The van der Waals surface area contributed by atoms with Crippen molar-refractivity contribution in [3.63, 3.8) is 0 Å². The van der Waals surface area contributed by atoms with Crippen molar-refractivity contribution in [2.75, 3.05) is 0 Å². The zero-order chi connectivity index (χ0) is 21.1. The molecule has 1 heterocycles. The summed E-state index contributed by atoms with van der Waals surface area (Å²) in [6, 6.07) is 23.6. The fraction of sp³-hybridized carbons (Fsp3) is 0.0455. The summed E-state index contributed by atoms with van der Waals surface area (Å²) in [5, 5.41) is 5.09. The second-order valence-corrected chi connectivity index (χ2v) is 9.13. The monoisotopic (exact) mass is 457 g/mol. The lowest BCUT2D eigenvalue weighted by molar-refractivity contribution is 0.581. The molecule has 4 aromatic rings.